The molecular formula is C17H24ClFN2O2. The Hall–Kier alpha value is -1.17. The lowest BCUT2D eigenvalue weighted by atomic mass is 9.77. The van der Waals surface area contributed by atoms with Crippen LogP contribution in [0.1, 0.15) is 31.2 Å². The summed E-state index contributed by atoms with van der Waals surface area (Å²) in [7, 11) is 0. The van der Waals surface area contributed by atoms with E-state index in [1.165, 1.54) is 6.07 Å². The van der Waals surface area contributed by atoms with Crippen LogP contribution in [0.15, 0.2) is 24.3 Å². The van der Waals surface area contributed by atoms with Gasteiger partial charge >= 0.3 is 0 Å². The molecule has 2 unspecified atom stereocenters. The lowest BCUT2D eigenvalue weighted by Crippen LogP contribution is -2.46. The Morgan fingerprint density at radius 1 is 1.30 bits per heavy atom. The molecule has 4 nitrogen and oxygen atoms in total. The SMILES string of the molecule is Cl.O=C(NCC1CNCC1O)C1(c2ccccc2F)CCCC1. The van der Waals surface area contributed by atoms with Crippen LogP contribution >= 0.6 is 12.4 Å². The van der Waals surface area contributed by atoms with Gasteiger partial charge in [-0.2, -0.15) is 0 Å². The van der Waals surface area contributed by atoms with Crippen molar-refractivity contribution in [1.29, 1.82) is 0 Å². The van der Waals surface area contributed by atoms with E-state index in [1.54, 1.807) is 18.2 Å². The summed E-state index contributed by atoms with van der Waals surface area (Å²) in [5, 5.41) is 15.9. The Kier molecular flexibility index (Phi) is 6.00. The summed E-state index contributed by atoms with van der Waals surface area (Å²) >= 11 is 0. The highest BCUT2D eigenvalue weighted by Crippen LogP contribution is 2.42. The number of β-amino-alcohol motifs (C(OH)–C–C–N with tert-alkyl or cyclic N) is 1. The van der Waals surface area contributed by atoms with Gasteiger partial charge in [0.1, 0.15) is 5.82 Å². The molecule has 6 heteroatoms. The number of aliphatic hydroxyl groups excluding tert-OH is 1. The highest BCUT2D eigenvalue weighted by atomic mass is 35.5. The molecule has 0 bridgehead atoms. The van der Waals surface area contributed by atoms with Crippen molar-refractivity contribution in [2.24, 2.45) is 5.92 Å². The van der Waals surface area contributed by atoms with Crippen molar-refractivity contribution in [2.75, 3.05) is 19.6 Å². The molecule has 0 spiro atoms. The van der Waals surface area contributed by atoms with Crippen LogP contribution in [0.2, 0.25) is 0 Å². The number of halogens is 2. The van der Waals surface area contributed by atoms with Gasteiger partial charge < -0.3 is 15.7 Å². The largest absolute Gasteiger partial charge is 0.391 e. The van der Waals surface area contributed by atoms with Crippen molar-refractivity contribution >= 4 is 18.3 Å². The quantitative estimate of drug-likeness (QED) is 0.781. The third-order valence-electron chi connectivity index (χ3n) is 5.11. The molecule has 0 radical (unpaired) electrons. The maximum Gasteiger partial charge on any atom is 0.230 e. The molecule has 128 valence electrons. The Bertz CT molecular complexity index is 549. The zero-order valence-electron chi connectivity index (χ0n) is 13.1. The second-order valence-electron chi connectivity index (χ2n) is 6.46. The van der Waals surface area contributed by atoms with Gasteiger partial charge in [0.15, 0.2) is 0 Å². The minimum absolute atomic E-state index is 0. The third kappa shape index (κ3) is 3.52. The number of carbonyl (C=O) groups is 1. The van der Waals surface area contributed by atoms with Crippen LogP contribution in [-0.2, 0) is 10.2 Å². The molecular weight excluding hydrogens is 319 g/mol. The van der Waals surface area contributed by atoms with Crippen LogP contribution in [0.5, 0.6) is 0 Å². The summed E-state index contributed by atoms with van der Waals surface area (Å²) < 4.78 is 14.2. The number of nitrogens with one attached hydrogen (secondary N) is 2. The van der Waals surface area contributed by atoms with E-state index >= 15 is 0 Å². The van der Waals surface area contributed by atoms with E-state index in [2.05, 4.69) is 10.6 Å². The summed E-state index contributed by atoms with van der Waals surface area (Å²) in [6.07, 6.45) is 2.83. The van der Waals surface area contributed by atoms with Crippen LogP contribution in [0.4, 0.5) is 4.39 Å². The van der Waals surface area contributed by atoms with Gasteiger partial charge in [-0.25, -0.2) is 4.39 Å². The van der Waals surface area contributed by atoms with Gasteiger partial charge in [0.2, 0.25) is 5.91 Å². The maximum atomic E-state index is 14.2. The summed E-state index contributed by atoms with van der Waals surface area (Å²) in [5.74, 6) is -0.376. The van der Waals surface area contributed by atoms with Gasteiger partial charge in [-0.3, -0.25) is 4.79 Å². The summed E-state index contributed by atoms with van der Waals surface area (Å²) in [6, 6.07) is 6.59. The molecule has 1 aliphatic carbocycles. The molecule has 1 aromatic rings. The van der Waals surface area contributed by atoms with E-state index in [9.17, 15) is 14.3 Å². The number of benzene rings is 1. The second-order valence-corrected chi connectivity index (χ2v) is 6.46. The van der Waals surface area contributed by atoms with E-state index in [0.29, 0.717) is 38.0 Å². The third-order valence-corrected chi connectivity index (χ3v) is 5.11. The summed E-state index contributed by atoms with van der Waals surface area (Å²) in [4.78, 5) is 12.8. The predicted molar refractivity (Wildman–Crippen MR) is 89.2 cm³/mol. The predicted octanol–water partition coefficient (Wildman–Crippen LogP) is 1.76. The van der Waals surface area contributed by atoms with Crippen LogP contribution in [-0.4, -0.2) is 36.8 Å². The molecule has 1 amide bonds. The van der Waals surface area contributed by atoms with E-state index in [0.717, 1.165) is 12.8 Å². The van der Waals surface area contributed by atoms with Gasteiger partial charge in [0.05, 0.1) is 11.5 Å². The second kappa shape index (κ2) is 7.60. The topological polar surface area (TPSA) is 61.4 Å². The van der Waals surface area contributed by atoms with Crippen LogP contribution in [0.25, 0.3) is 0 Å². The average molecular weight is 343 g/mol. The van der Waals surface area contributed by atoms with Gasteiger partial charge in [-0.15, -0.1) is 12.4 Å². The lowest BCUT2D eigenvalue weighted by molar-refractivity contribution is -0.127. The van der Waals surface area contributed by atoms with Gasteiger partial charge in [-0.05, 0) is 18.9 Å². The molecule has 3 N–H and O–H groups in total. The first-order valence-electron chi connectivity index (χ1n) is 8.05. The summed E-state index contributed by atoms with van der Waals surface area (Å²) in [5.41, 5.74) is -0.238. The van der Waals surface area contributed by atoms with E-state index < -0.39 is 11.5 Å². The maximum absolute atomic E-state index is 14.2. The zero-order chi connectivity index (χ0) is 15.6. The van der Waals surface area contributed by atoms with Crippen molar-refractivity contribution in [2.45, 2.75) is 37.2 Å². The molecule has 2 fully saturated rings. The first-order valence-corrected chi connectivity index (χ1v) is 8.05. The van der Waals surface area contributed by atoms with Crippen molar-refractivity contribution in [3.63, 3.8) is 0 Å². The number of carbonyl (C=O) groups excluding carboxylic acids is 1. The Labute approximate surface area is 142 Å². The van der Waals surface area contributed by atoms with Crippen molar-refractivity contribution in [1.82, 2.24) is 10.6 Å². The number of hydrogen-bond acceptors (Lipinski definition) is 3. The monoisotopic (exact) mass is 342 g/mol. The summed E-state index contributed by atoms with van der Waals surface area (Å²) in [6.45, 7) is 1.70. The molecule has 1 saturated heterocycles. The lowest BCUT2D eigenvalue weighted by Gasteiger charge is -2.29. The van der Waals surface area contributed by atoms with E-state index in [1.807, 2.05) is 0 Å². The Morgan fingerprint density at radius 3 is 2.61 bits per heavy atom. The van der Waals surface area contributed by atoms with Gasteiger partial charge in [0.25, 0.3) is 0 Å². The smallest absolute Gasteiger partial charge is 0.230 e. The molecule has 1 aromatic carbocycles. The molecule has 1 saturated carbocycles. The fourth-order valence-electron chi connectivity index (χ4n) is 3.77. The number of amides is 1. The first kappa shape index (κ1) is 18.2. The van der Waals surface area contributed by atoms with Crippen molar-refractivity contribution in [3.05, 3.63) is 35.6 Å². The standard InChI is InChI=1S/C17H23FN2O2.ClH/c18-14-6-2-1-5-13(14)17(7-3-4-8-17)16(22)20-10-12-9-19-11-15(12)21;/h1-2,5-6,12,15,19,21H,3-4,7-11H2,(H,20,22);1H. The van der Waals surface area contributed by atoms with E-state index in [4.69, 9.17) is 0 Å². The fourth-order valence-corrected chi connectivity index (χ4v) is 3.77. The Balaban J connectivity index is 0.00000192. The first-order chi connectivity index (χ1) is 10.6. The molecule has 3 rings (SSSR count). The minimum Gasteiger partial charge on any atom is -0.391 e. The van der Waals surface area contributed by atoms with Gasteiger partial charge in [-0.1, -0.05) is 31.0 Å². The van der Waals surface area contributed by atoms with Crippen molar-refractivity contribution in [3.8, 4) is 0 Å². The normalized spacial score (nSPS) is 25.8. The highest BCUT2D eigenvalue weighted by molar-refractivity contribution is 5.88. The van der Waals surface area contributed by atoms with Crippen LogP contribution in [0.3, 0.4) is 0 Å². The molecule has 2 aliphatic rings. The molecule has 1 aliphatic heterocycles. The zero-order valence-corrected chi connectivity index (χ0v) is 13.9. The number of aliphatic hydroxyl groups is 1. The molecule has 2 atom stereocenters. The average Bonchev–Trinajstić information content (AvgIpc) is 3.15. The van der Waals surface area contributed by atoms with Crippen molar-refractivity contribution < 1.29 is 14.3 Å². The number of hydrogen-bond donors (Lipinski definition) is 3. The Morgan fingerprint density at radius 2 is 2.00 bits per heavy atom. The molecule has 1 heterocycles. The van der Waals surface area contributed by atoms with Crippen LogP contribution < -0.4 is 10.6 Å². The minimum atomic E-state index is -0.748. The highest BCUT2D eigenvalue weighted by Gasteiger charge is 2.44. The van der Waals surface area contributed by atoms with Gasteiger partial charge in [0, 0.05) is 31.1 Å². The van der Waals surface area contributed by atoms with Crippen LogP contribution in [0, 0.1) is 11.7 Å². The fraction of sp³-hybridized carbons (Fsp3) is 0.588. The van der Waals surface area contributed by atoms with E-state index in [-0.39, 0.29) is 30.0 Å². The number of rotatable bonds is 4. The molecule has 0 aromatic heterocycles. The molecule has 23 heavy (non-hydrogen) atoms.